The summed E-state index contributed by atoms with van der Waals surface area (Å²) in [6.45, 7) is 9.46. The van der Waals surface area contributed by atoms with Crippen molar-refractivity contribution < 1.29 is 4.42 Å². The fourth-order valence-corrected chi connectivity index (χ4v) is 3.03. The summed E-state index contributed by atoms with van der Waals surface area (Å²) < 4.78 is 5.86. The van der Waals surface area contributed by atoms with E-state index in [0.29, 0.717) is 10.0 Å². The van der Waals surface area contributed by atoms with Gasteiger partial charge in [0.2, 0.25) is 0 Å². The Morgan fingerprint density at radius 1 is 1.00 bits per heavy atom. The zero-order valence-electron chi connectivity index (χ0n) is 14.6. The molecular formula is C18H26Cl4N2O. The quantitative estimate of drug-likeness (QED) is 0.503. The molecule has 3 nitrogen and oxygen atoms in total. The molecule has 1 aromatic heterocycles. The number of nitrogens with one attached hydrogen (secondary N) is 1. The Kier molecular flexibility index (Phi) is 12.6. The van der Waals surface area contributed by atoms with Gasteiger partial charge in [-0.05, 0) is 62.9 Å². The Morgan fingerprint density at radius 2 is 1.64 bits per heavy atom. The summed E-state index contributed by atoms with van der Waals surface area (Å²) in [7, 11) is 0. The number of benzene rings is 1. The van der Waals surface area contributed by atoms with E-state index in [9.17, 15) is 0 Å². The average Bonchev–Trinajstić information content (AvgIpc) is 2.99. The number of hydrogen-bond donors (Lipinski definition) is 1. The largest absolute Gasteiger partial charge is 0.460 e. The third-order valence-electron chi connectivity index (χ3n) is 3.83. The highest BCUT2D eigenvalue weighted by molar-refractivity contribution is 6.35. The van der Waals surface area contributed by atoms with Crippen molar-refractivity contribution >= 4 is 48.0 Å². The molecule has 0 aliphatic heterocycles. The molecule has 0 amide bonds. The Morgan fingerprint density at radius 3 is 2.24 bits per heavy atom. The first-order valence-electron chi connectivity index (χ1n) is 8.10. The molecule has 1 aromatic carbocycles. The van der Waals surface area contributed by atoms with Gasteiger partial charge in [-0.25, -0.2) is 0 Å². The summed E-state index contributed by atoms with van der Waals surface area (Å²) in [6.07, 6.45) is 1.14. The van der Waals surface area contributed by atoms with Crippen LogP contribution in [-0.2, 0) is 6.54 Å². The van der Waals surface area contributed by atoms with Gasteiger partial charge in [0.25, 0.3) is 0 Å². The minimum atomic E-state index is 0. The van der Waals surface area contributed by atoms with E-state index in [4.69, 9.17) is 27.6 Å². The molecule has 0 atom stereocenters. The maximum absolute atomic E-state index is 6.03. The van der Waals surface area contributed by atoms with Gasteiger partial charge in [0.15, 0.2) is 0 Å². The monoisotopic (exact) mass is 426 g/mol. The summed E-state index contributed by atoms with van der Waals surface area (Å²) >= 11 is 12.1. The zero-order chi connectivity index (χ0) is 16.7. The van der Waals surface area contributed by atoms with Crippen LogP contribution < -0.4 is 5.32 Å². The van der Waals surface area contributed by atoms with E-state index in [2.05, 4.69) is 24.1 Å². The summed E-state index contributed by atoms with van der Waals surface area (Å²) in [5.74, 6) is 1.70. The normalized spacial score (nSPS) is 10.4. The van der Waals surface area contributed by atoms with Crippen LogP contribution in [0.4, 0.5) is 0 Å². The van der Waals surface area contributed by atoms with E-state index in [-0.39, 0.29) is 24.8 Å². The Labute approximate surface area is 172 Å². The SMILES string of the molecule is CCN(CC)CCCNCc1ccc(-c2cc(Cl)cc(Cl)c2)o1.Cl.Cl. The Hall–Kier alpha value is -0.420. The van der Waals surface area contributed by atoms with Gasteiger partial charge in [0.1, 0.15) is 11.5 Å². The second-order valence-corrected chi connectivity index (χ2v) is 6.35. The van der Waals surface area contributed by atoms with Crippen LogP contribution in [0.1, 0.15) is 26.0 Å². The molecule has 1 N–H and O–H groups in total. The summed E-state index contributed by atoms with van der Waals surface area (Å²) in [5, 5.41) is 4.64. The maximum Gasteiger partial charge on any atom is 0.134 e. The van der Waals surface area contributed by atoms with E-state index >= 15 is 0 Å². The molecule has 2 rings (SSSR count). The summed E-state index contributed by atoms with van der Waals surface area (Å²) in [4.78, 5) is 2.43. The highest BCUT2D eigenvalue weighted by Crippen LogP contribution is 2.28. The molecule has 0 radical (unpaired) electrons. The average molecular weight is 428 g/mol. The lowest BCUT2D eigenvalue weighted by molar-refractivity contribution is 0.297. The fourth-order valence-electron chi connectivity index (χ4n) is 2.50. The maximum atomic E-state index is 6.03. The van der Waals surface area contributed by atoms with Crippen LogP contribution in [0, 0.1) is 0 Å². The number of rotatable bonds is 9. The van der Waals surface area contributed by atoms with Gasteiger partial charge in [-0.2, -0.15) is 0 Å². The molecule has 0 saturated carbocycles. The van der Waals surface area contributed by atoms with Crippen molar-refractivity contribution in [2.45, 2.75) is 26.8 Å². The molecular weight excluding hydrogens is 402 g/mol. The van der Waals surface area contributed by atoms with Crippen LogP contribution in [0.25, 0.3) is 11.3 Å². The molecule has 7 heteroatoms. The molecule has 142 valence electrons. The van der Waals surface area contributed by atoms with Gasteiger partial charge in [-0.15, -0.1) is 24.8 Å². The first-order valence-corrected chi connectivity index (χ1v) is 8.86. The minimum Gasteiger partial charge on any atom is -0.460 e. The zero-order valence-corrected chi connectivity index (χ0v) is 17.7. The third kappa shape index (κ3) is 8.21. The molecule has 0 bridgehead atoms. The molecule has 0 saturated heterocycles. The fraction of sp³-hybridized carbons (Fsp3) is 0.444. The van der Waals surface area contributed by atoms with Gasteiger partial charge in [0.05, 0.1) is 6.54 Å². The second kappa shape index (κ2) is 12.9. The first-order chi connectivity index (χ1) is 11.1. The van der Waals surface area contributed by atoms with Gasteiger partial charge < -0.3 is 14.6 Å². The molecule has 2 aromatic rings. The topological polar surface area (TPSA) is 28.4 Å². The molecule has 0 unspecified atom stereocenters. The van der Waals surface area contributed by atoms with Gasteiger partial charge in [-0.1, -0.05) is 37.0 Å². The van der Waals surface area contributed by atoms with E-state index in [1.165, 1.54) is 0 Å². The van der Waals surface area contributed by atoms with Crippen molar-refractivity contribution in [3.8, 4) is 11.3 Å². The molecule has 0 fully saturated rings. The van der Waals surface area contributed by atoms with E-state index in [0.717, 1.165) is 56.2 Å². The smallest absolute Gasteiger partial charge is 0.134 e. The summed E-state index contributed by atoms with van der Waals surface area (Å²) in [5.41, 5.74) is 0.898. The van der Waals surface area contributed by atoms with Gasteiger partial charge in [-0.3, -0.25) is 0 Å². The molecule has 0 spiro atoms. The molecule has 0 aliphatic carbocycles. The number of halogens is 4. The second-order valence-electron chi connectivity index (χ2n) is 5.48. The van der Waals surface area contributed by atoms with Gasteiger partial charge >= 0.3 is 0 Å². The van der Waals surface area contributed by atoms with Crippen LogP contribution in [0.5, 0.6) is 0 Å². The lowest BCUT2D eigenvalue weighted by atomic mass is 10.2. The number of furan rings is 1. The van der Waals surface area contributed by atoms with Crippen molar-refractivity contribution in [1.29, 1.82) is 0 Å². The molecule has 0 aliphatic rings. The highest BCUT2D eigenvalue weighted by Gasteiger charge is 2.07. The summed E-state index contributed by atoms with van der Waals surface area (Å²) in [6, 6.07) is 9.37. The predicted octanol–water partition coefficient (Wildman–Crippen LogP) is 5.92. The Balaban J connectivity index is 0.00000288. The Bertz CT molecular complexity index is 595. The predicted molar refractivity (Wildman–Crippen MR) is 113 cm³/mol. The van der Waals surface area contributed by atoms with Crippen molar-refractivity contribution in [3.05, 3.63) is 46.1 Å². The van der Waals surface area contributed by atoms with Crippen LogP contribution in [0.3, 0.4) is 0 Å². The third-order valence-corrected chi connectivity index (χ3v) is 4.27. The molecule has 25 heavy (non-hydrogen) atoms. The van der Waals surface area contributed by atoms with Crippen molar-refractivity contribution in [2.24, 2.45) is 0 Å². The van der Waals surface area contributed by atoms with Crippen LogP contribution in [0.2, 0.25) is 10.0 Å². The van der Waals surface area contributed by atoms with Crippen molar-refractivity contribution in [1.82, 2.24) is 10.2 Å². The number of hydrogen-bond acceptors (Lipinski definition) is 3. The highest BCUT2D eigenvalue weighted by atomic mass is 35.5. The standard InChI is InChI=1S/C18H24Cl2N2O.2ClH/c1-3-22(4-2)9-5-8-21-13-17-6-7-18(23-17)14-10-15(19)12-16(20)11-14;;/h6-7,10-12,21H,3-5,8-9,13H2,1-2H3;2*1H. The van der Waals surface area contributed by atoms with E-state index < -0.39 is 0 Å². The van der Waals surface area contributed by atoms with Gasteiger partial charge in [0, 0.05) is 15.6 Å². The van der Waals surface area contributed by atoms with Crippen LogP contribution in [-0.4, -0.2) is 31.1 Å². The van der Waals surface area contributed by atoms with Crippen molar-refractivity contribution in [2.75, 3.05) is 26.2 Å². The number of nitrogens with zero attached hydrogens (tertiary/aromatic N) is 1. The van der Waals surface area contributed by atoms with Crippen LogP contribution >= 0.6 is 48.0 Å². The molecule has 1 heterocycles. The first kappa shape index (κ1) is 24.6. The lowest BCUT2D eigenvalue weighted by Gasteiger charge is -2.17. The van der Waals surface area contributed by atoms with E-state index in [1.54, 1.807) is 6.07 Å². The van der Waals surface area contributed by atoms with Crippen LogP contribution in [0.15, 0.2) is 34.7 Å². The van der Waals surface area contributed by atoms with Crippen molar-refractivity contribution in [3.63, 3.8) is 0 Å². The lowest BCUT2D eigenvalue weighted by Crippen LogP contribution is -2.27. The minimum absolute atomic E-state index is 0. The van der Waals surface area contributed by atoms with E-state index in [1.807, 2.05) is 24.3 Å².